The Balaban J connectivity index is 2.41. The van der Waals surface area contributed by atoms with Gasteiger partial charge in [-0.15, -0.1) is 0 Å². The zero-order valence-electron chi connectivity index (χ0n) is 14.5. The fourth-order valence-electron chi connectivity index (χ4n) is 2.23. The van der Waals surface area contributed by atoms with E-state index in [9.17, 15) is 9.59 Å². The Morgan fingerprint density at radius 2 is 1.96 bits per heavy atom. The van der Waals surface area contributed by atoms with Crippen LogP contribution in [0, 0.1) is 18.3 Å². The summed E-state index contributed by atoms with van der Waals surface area (Å²) in [4.78, 5) is 24.9. The Morgan fingerprint density at radius 3 is 2.56 bits per heavy atom. The third kappa shape index (κ3) is 3.96. The van der Waals surface area contributed by atoms with E-state index in [-0.39, 0.29) is 5.57 Å². The number of carbonyl (C=O) groups excluding carboxylic acids is 2. The number of aryl methyl sites for hydroxylation is 1. The number of benzene rings is 1. The van der Waals surface area contributed by atoms with Gasteiger partial charge in [0.2, 0.25) is 0 Å². The molecule has 0 saturated heterocycles. The molecule has 0 saturated carbocycles. The van der Waals surface area contributed by atoms with Crippen molar-refractivity contribution in [1.29, 1.82) is 5.26 Å². The van der Waals surface area contributed by atoms with Gasteiger partial charge in [0.1, 0.15) is 23.2 Å². The summed E-state index contributed by atoms with van der Waals surface area (Å²) in [5.41, 5.74) is 2.05. The van der Waals surface area contributed by atoms with Gasteiger partial charge in [0.05, 0.1) is 12.7 Å². The number of rotatable bonds is 4. The van der Waals surface area contributed by atoms with Crippen LogP contribution in [0.3, 0.4) is 0 Å². The molecule has 1 aromatic heterocycles. The monoisotopic (exact) mass is 338 g/mol. The van der Waals surface area contributed by atoms with E-state index < -0.39 is 11.9 Å². The summed E-state index contributed by atoms with van der Waals surface area (Å²) in [6.07, 6.45) is 1.39. The van der Waals surface area contributed by atoms with E-state index in [0.29, 0.717) is 17.1 Å². The van der Waals surface area contributed by atoms with Crippen LogP contribution in [-0.4, -0.2) is 38.0 Å². The second-order valence-corrected chi connectivity index (χ2v) is 5.59. The predicted molar refractivity (Wildman–Crippen MR) is 92.5 cm³/mol. The number of hydrogen-bond donors (Lipinski definition) is 0. The van der Waals surface area contributed by atoms with Crippen molar-refractivity contribution in [2.45, 2.75) is 6.92 Å². The Bertz CT molecular complexity index is 885. The summed E-state index contributed by atoms with van der Waals surface area (Å²) >= 11 is 0. The van der Waals surface area contributed by atoms with Gasteiger partial charge in [-0.3, -0.25) is 4.79 Å². The average molecular weight is 338 g/mol. The van der Waals surface area contributed by atoms with Crippen molar-refractivity contribution in [2.75, 3.05) is 21.2 Å². The number of nitrogens with zero attached hydrogens (tertiary/aromatic N) is 2. The minimum atomic E-state index is -0.434. The minimum Gasteiger partial charge on any atom is -0.465 e. The highest BCUT2D eigenvalue weighted by Crippen LogP contribution is 2.28. The second-order valence-electron chi connectivity index (χ2n) is 5.59. The van der Waals surface area contributed by atoms with Crippen molar-refractivity contribution < 1.29 is 18.7 Å². The van der Waals surface area contributed by atoms with Crippen molar-refractivity contribution in [3.63, 3.8) is 0 Å². The topological polar surface area (TPSA) is 83.5 Å². The molecule has 0 atom stereocenters. The van der Waals surface area contributed by atoms with Gasteiger partial charge in [-0.05, 0) is 36.8 Å². The Hall–Kier alpha value is -3.33. The summed E-state index contributed by atoms with van der Waals surface area (Å²) in [6.45, 7) is 1.89. The molecule has 0 fully saturated rings. The molecule has 0 spiro atoms. The van der Waals surface area contributed by atoms with Gasteiger partial charge in [0.25, 0.3) is 5.91 Å². The second kappa shape index (κ2) is 7.49. The summed E-state index contributed by atoms with van der Waals surface area (Å²) in [6, 6.07) is 10.4. The number of amides is 1. The lowest BCUT2D eigenvalue weighted by Crippen LogP contribution is -2.22. The molecule has 0 unspecified atom stereocenters. The first-order valence-corrected chi connectivity index (χ1v) is 7.50. The van der Waals surface area contributed by atoms with E-state index in [1.54, 1.807) is 44.4 Å². The number of likely N-dealkylation sites (N-methyl/N-ethyl adjacent to an activating group) is 1. The van der Waals surface area contributed by atoms with Crippen LogP contribution >= 0.6 is 0 Å². The van der Waals surface area contributed by atoms with Crippen LogP contribution in [0.4, 0.5) is 0 Å². The normalized spacial score (nSPS) is 10.9. The van der Waals surface area contributed by atoms with E-state index in [2.05, 4.69) is 0 Å². The number of furan rings is 1. The van der Waals surface area contributed by atoms with Gasteiger partial charge >= 0.3 is 5.97 Å². The smallest absolute Gasteiger partial charge is 0.337 e. The third-order valence-electron chi connectivity index (χ3n) is 3.59. The van der Waals surface area contributed by atoms with E-state index in [4.69, 9.17) is 14.4 Å². The van der Waals surface area contributed by atoms with Crippen molar-refractivity contribution in [1.82, 2.24) is 4.90 Å². The van der Waals surface area contributed by atoms with Crippen LogP contribution in [0.2, 0.25) is 0 Å². The highest BCUT2D eigenvalue weighted by molar-refractivity contribution is 6.01. The number of ether oxygens (including phenoxy) is 1. The minimum absolute atomic E-state index is 0.0223. The maximum atomic E-state index is 11.9. The highest BCUT2D eigenvalue weighted by Gasteiger charge is 2.14. The molecule has 0 aliphatic rings. The van der Waals surface area contributed by atoms with Crippen LogP contribution in [0.5, 0.6) is 0 Å². The van der Waals surface area contributed by atoms with Gasteiger partial charge in [0.15, 0.2) is 0 Å². The summed E-state index contributed by atoms with van der Waals surface area (Å²) in [7, 11) is 4.47. The average Bonchev–Trinajstić information content (AvgIpc) is 3.07. The van der Waals surface area contributed by atoms with Gasteiger partial charge < -0.3 is 14.1 Å². The molecule has 0 radical (unpaired) electrons. The van der Waals surface area contributed by atoms with E-state index in [0.717, 1.165) is 11.1 Å². The summed E-state index contributed by atoms with van der Waals surface area (Å²) in [5, 5.41) is 9.14. The van der Waals surface area contributed by atoms with Crippen molar-refractivity contribution >= 4 is 18.0 Å². The van der Waals surface area contributed by atoms with Gasteiger partial charge in [-0.25, -0.2) is 4.79 Å². The Morgan fingerprint density at radius 1 is 1.24 bits per heavy atom. The Kier molecular flexibility index (Phi) is 5.40. The van der Waals surface area contributed by atoms with Crippen LogP contribution in [0.15, 0.2) is 40.3 Å². The summed E-state index contributed by atoms with van der Waals surface area (Å²) < 4.78 is 10.5. The molecular weight excluding hydrogens is 320 g/mol. The number of nitriles is 1. The Labute approximate surface area is 145 Å². The number of hydrogen-bond acceptors (Lipinski definition) is 5. The summed E-state index contributed by atoms with van der Waals surface area (Å²) in [5.74, 6) is 0.0781. The van der Waals surface area contributed by atoms with Gasteiger partial charge in [0, 0.05) is 25.7 Å². The molecule has 2 rings (SSSR count). The number of methoxy groups -OCH3 is 1. The lowest BCUT2D eigenvalue weighted by Gasteiger charge is -2.08. The molecule has 2 aromatic rings. The van der Waals surface area contributed by atoms with Crippen LogP contribution in [0.1, 0.15) is 21.7 Å². The van der Waals surface area contributed by atoms with E-state index >= 15 is 0 Å². The van der Waals surface area contributed by atoms with E-state index in [1.165, 1.54) is 18.1 Å². The van der Waals surface area contributed by atoms with Crippen molar-refractivity contribution in [3.05, 3.63) is 52.8 Å². The first-order chi connectivity index (χ1) is 11.9. The first kappa shape index (κ1) is 18.0. The third-order valence-corrected chi connectivity index (χ3v) is 3.59. The molecule has 0 aliphatic heterocycles. The van der Waals surface area contributed by atoms with Crippen LogP contribution in [-0.2, 0) is 9.53 Å². The lowest BCUT2D eigenvalue weighted by molar-refractivity contribution is -0.124. The fraction of sp³-hybridized carbons (Fsp3) is 0.211. The molecule has 1 amide bonds. The zero-order chi connectivity index (χ0) is 18.6. The molecular formula is C19H18N2O4. The zero-order valence-corrected chi connectivity index (χ0v) is 14.5. The van der Waals surface area contributed by atoms with Crippen LogP contribution < -0.4 is 0 Å². The first-order valence-electron chi connectivity index (χ1n) is 7.50. The molecule has 0 N–H and O–H groups in total. The largest absolute Gasteiger partial charge is 0.465 e. The molecule has 128 valence electrons. The fourth-order valence-corrected chi connectivity index (χ4v) is 2.23. The predicted octanol–water partition coefficient (Wildman–Crippen LogP) is 3.04. The standard InChI is InChI=1S/C19H18N2O4/c1-12-5-6-13(19(23)24-4)10-16(12)17-8-7-15(25-17)9-14(11-20)18(22)21(2)3/h5-10H,1-4H3/b14-9-. The molecule has 6 heteroatoms. The van der Waals surface area contributed by atoms with Gasteiger partial charge in [-0.1, -0.05) is 6.07 Å². The van der Waals surface area contributed by atoms with Crippen molar-refractivity contribution in [3.8, 4) is 17.4 Å². The lowest BCUT2D eigenvalue weighted by atomic mass is 10.0. The van der Waals surface area contributed by atoms with Crippen molar-refractivity contribution in [2.24, 2.45) is 0 Å². The molecule has 0 bridgehead atoms. The maximum Gasteiger partial charge on any atom is 0.337 e. The molecule has 1 heterocycles. The molecule has 1 aromatic carbocycles. The molecule has 25 heavy (non-hydrogen) atoms. The van der Waals surface area contributed by atoms with E-state index in [1.807, 2.05) is 13.0 Å². The number of carbonyl (C=O) groups is 2. The van der Waals surface area contributed by atoms with Crippen LogP contribution in [0.25, 0.3) is 17.4 Å². The molecule has 0 aliphatic carbocycles. The SMILES string of the molecule is COC(=O)c1ccc(C)c(-c2ccc(/C=C(/C#N)C(=O)N(C)C)o2)c1. The highest BCUT2D eigenvalue weighted by atomic mass is 16.5. The van der Waals surface area contributed by atoms with Gasteiger partial charge in [-0.2, -0.15) is 5.26 Å². The molecule has 6 nitrogen and oxygen atoms in total. The maximum absolute atomic E-state index is 11.9. The number of esters is 1. The quantitative estimate of drug-likeness (QED) is 0.486.